The lowest BCUT2D eigenvalue weighted by Crippen LogP contribution is -1.69. The Morgan fingerprint density at radius 3 is 2.00 bits per heavy atom. The van der Waals surface area contributed by atoms with Crippen molar-refractivity contribution in [3.05, 3.63) is 12.2 Å². The second kappa shape index (κ2) is 1.72. The Kier molecular flexibility index (Phi) is 1.23. The molecule has 1 rings (SSSR count). The van der Waals surface area contributed by atoms with Crippen LogP contribution in [0.25, 0.3) is 0 Å². The third-order valence-corrected chi connectivity index (χ3v) is 2.06. The van der Waals surface area contributed by atoms with E-state index in [2.05, 4.69) is 0 Å². The van der Waals surface area contributed by atoms with Crippen LogP contribution in [0.2, 0.25) is 0 Å². The molecule has 2 heteroatoms. The van der Waals surface area contributed by atoms with Crippen molar-refractivity contribution < 1.29 is 4.89 Å². The van der Waals surface area contributed by atoms with Crippen molar-refractivity contribution in [1.29, 1.82) is 0 Å². The third kappa shape index (κ3) is 0.796. The van der Waals surface area contributed by atoms with Gasteiger partial charge >= 0.3 is 0 Å². The van der Waals surface area contributed by atoms with Gasteiger partial charge in [-0.15, -0.1) is 0 Å². The first-order chi connectivity index (χ1) is 2.89. The Morgan fingerprint density at radius 1 is 1.33 bits per heavy atom. The monoisotopic (exact) mass is 102 g/mol. The highest BCUT2D eigenvalue weighted by molar-refractivity contribution is 7.52. The summed E-state index contributed by atoms with van der Waals surface area (Å²) in [7, 11) is -0.576. The Morgan fingerprint density at radius 2 is 1.83 bits per heavy atom. The first kappa shape index (κ1) is 4.29. The lowest BCUT2D eigenvalue weighted by Gasteiger charge is -1.92. The predicted octanol–water partition coefficient (Wildman–Crippen LogP) is 0.945. The van der Waals surface area contributed by atoms with Crippen LogP contribution in [0.4, 0.5) is 0 Å². The van der Waals surface area contributed by atoms with Gasteiger partial charge in [0, 0.05) is 20.5 Å². The summed E-state index contributed by atoms with van der Waals surface area (Å²) < 4.78 is 0. The molecule has 1 nitrogen and oxygen atoms in total. The van der Waals surface area contributed by atoms with Gasteiger partial charge in [0.25, 0.3) is 0 Å². The molecule has 0 aromatic heterocycles. The molecule has 1 aliphatic rings. The van der Waals surface area contributed by atoms with Crippen molar-refractivity contribution in [2.45, 2.75) is 0 Å². The molecule has 0 spiro atoms. The molecule has 1 N–H and O–H groups in total. The molecule has 0 atom stereocenters. The number of allylic oxidation sites excluding steroid dienone is 2. The van der Waals surface area contributed by atoms with E-state index in [9.17, 15) is 0 Å². The van der Waals surface area contributed by atoms with E-state index in [1.54, 1.807) is 0 Å². The molecule has 0 saturated heterocycles. The molecule has 0 saturated carbocycles. The van der Waals surface area contributed by atoms with E-state index in [4.69, 9.17) is 4.89 Å². The largest absolute Gasteiger partial charge is 0.373 e. The van der Waals surface area contributed by atoms with Gasteiger partial charge < -0.3 is 4.89 Å². The number of hydrogen-bond acceptors (Lipinski definition) is 1. The van der Waals surface area contributed by atoms with Gasteiger partial charge in [-0.25, -0.2) is 0 Å². The highest BCUT2D eigenvalue weighted by atomic mass is 31.1. The summed E-state index contributed by atoms with van der Waals surface area (Å²) in [6, 6.07) is 0. The van der Waals surface area contributed by atoms with Gasteiger partial charge in [-0.3, -0.25) is 0 Å². The fourth-order valence-corrected chi connectivity index (χ4v) is 1.40. The van der Waals surface area contributed by atoms with E-state index in [0.717, 1.165) is 12.3 Å². The minimum Gasteiger partial charge on any atom is -0.373 e. The Bertz CT molecular complexity index is 61.9. The SMILES string of the molecule is OP1CC=CC1. The molecule has 34 valence electrons. The molecule has 1 aliphatic heterocycles. The summed E-state index contributed by atoms with van der Waals surface area (Å²) in [5, 5.41) is 0. The first-order valence-electron chi connectivity index (χ1n) is 1.98. The Balaban J connectivity index is 2.32. The molecule has 0 fully saturated rings. The number of hydrogen-bond donors (Lipinski definition) is 1. The maximum absolute atomic E-state index is 8.73. The zero-order valence-electron chi connectivity index (χ0n) is 3.46. The van der Waals surface area contributed by atoms with Crippen LogP contribution >= 0.6 is 8.15 Å². The summed E-state index contributed by atoms with van der Waals surface area (Å²) in [4.78, 5) is 8.73. The standard InChI is InChI=1S/C4H7OP/c5-6-3-1-2-4-6/h1-2,5H,3-4H2. The summed E-state index contributed by atoms with van der Waals surface area (Å²) in [6.45, 7) is 0. The van der Waals surface area contributed by atoms with Gasteiger partial charge in [0.15, 0.2) is 0 Å². The lowest BCUT2D eigenvalue weighted by atomic mass is 10.6. The highest BCUT2D eigenvalue weighted by Gasteiger charge is 2.01. The van der Waals surface area contributed by atoms with Gasteiger partial charge in [-0.05, 0) is 0 Å². The van der Waals surface area contributed by atoms with Crippen LogP contribution in [-0.4, -0.2) is 17.2 Å². The Hall–Kier alpha value is 0.130. The van der Waals surface area contributed by atoms with Crippen LogP contribution in [0.5, 0.6) is 0 Å². The smallest absolute Gasteiger partial charge is 0.0328 e. The average molecular weight is 102 g/mol. The van der Waals surface area contributed by atoms with E-state index in [0.29, 0.717) is 0 Å². The summed E-state index contributed by atoms with van der Waals surface area (Å²) >= 11 is 0. The second-order valence-electron chi connectivity index (χ2n) is 1.34. The van der Waals surface area contributed by atoms with Crippen LogP contribution in [0.15, 0.2) is 12.2 Å². The number of rotatable bonds is 0. The topological polar surface area (TPSA) is 20.2 Å². The van der Waals surface area contributed by atoms with Gasteiger partial charge in [-0.2, -0.15) is 0 Å². The van der Waals surface area contributed by atoms with Crippen molar-refractivity contribution >= 4 is 8.15 Å². The van der Waals surface area contributed by atoms with Crippen LogP contribution < -0.4 is 0 Å². The maximum atomic E-state index is 8.73. The van der Waals surface area contributed by atoms with Crippen molar-refractivity contribution in [3.63, 3.8) is 0 Å². The zero-order valence-corrected chi connectivity index (χ0v) is 4.36. The molecule has 0 aromatic rings. The predicted molar refractivity (Wildman–Crippen MR) is 28.0 cm³/mol. The minimum absolute atomic E-state index is 0.576. The zero-order chi connectivity index (χ0) is 4.41. The van der Waals surface area contributed by atoms with Gasteiger partial charge in [0.1, 0.15) is 0 Å². The van der Waals surface area contributed by atoms with Gasteiger partial charge in [0.05, 0.1) is 0 Å². The van der Waals surface area contributed by atoms with Gasteiger partial charge in [0.2, 0.25) is 0 Å². The van der Waals surface area contributed by atoms with E-state index < -0.39 is 8.15 Å². The first-order valence-corrected chi connectivity index (χ1v) is 3.65. The fourth-order valence-electron chi connectivity index (χ4n) is 0.467. The summed E-state index contributed by atoms with van der Waals surface area (Å²) in [5.74, 6) is 0. The molecule has 0 amide bonds. The Labute approximate surface area is 38.5 Å². The molecule has 0 aliphatic carbocycles. The molecule has 0 aromatic carbocycles. The normalized spacial score (nSPS) is 22.8. The molecule has 0 unspecified atom stereocenters. The molecule has 0 bridgehead atoms. The third-order valence-electron chi connectivity index (χ3n) is 0.799. The maximum Gasteiger partial charge on any atom is 0.0328 e. The lowest BCUT2D eigenvalue weighted by molar-refractivity contribution is 0.632. The van der Waals surface area contributed by atoms with Crippen molar-refractivity contribution in [2.75, 3.05) is 12.3 Å². The highest BCUT2D eigenvalue weighted by Crippen LogP contribution is 2.33. The molecule has 6 heavy (non-hydrogen) atoms. The quantitative estimate of drug-likeness (QED) is 0.356. The van der Waals surface area contributed by atoms with Crippen LogP contribution in [-0.2, 0) is 0 Å². The van der Waals surface area contributed by atoms with Crippen molar-refractivity contribution in [2.24, 2.45) is 0 Å². The van der Waals surface area contributed by atoms with E-state index in [-0.39, 0.29) is 0 Å². The van der Waals surface area contributed by atoms with Crippen LogP contribution in [0.3, 0.4) is 0 Å². The second-order valence-corrected chi connectivity index (χ2v) is 3.09. The summed E-state index contributed by atoms with van der Waals surface area (Å²) in [5.41, 5.74) is 0. The van der Waals surface area contributed by atoms with E-state index in [1.165, 1.54) is 0 Å². The molecular formula is C4H7OP. The van der Waals surface area contributed by atoms with Gasteiger partial charge in [-0.1, -0.05) is 12.2 Å². The molecule has 1 heterocycles. The fraction of sp³-hybridized carbons (Fsp3) is 0.500. The van der Waals surface area contributed by atoms with Crippen LogP contribution in [0.1, 0.15) is 0 Å². The molecular weight excluding hydrogens is 95.0 g/mol. The van der Waals surface area contributed by atoms with E-state index >= 15 is 0 Å². The molecule has 0 radical (unpaired) electrons. The van der Waals surface area contributed by atoms with Crippen molar-refractivity contribution in [3.8, 4) is 0 Å². The van der Waals surface area contributed by atoms with Crippen molar-refractivity contribution in [1.82, 2.24) is 0 Å². The minimum atomic E-state index is -0.576. The average Bonchev–Trinajstić information content (AvgIpc) is 1.86. The summed E-state index contributed by atoms with van der Waals surface area (Å²) in [6.07, 6.45) is 5.92. The van der Waals surface area contributed by atoms with Crippen LogP contribution in [0, 0.1) is 0 Å². The van der Waals surface area contributed by atoms with E-state index in [1.807, 2.05) is 12.2 Å².